The molecule has 0 aromatic heterocycles. The molecule has 1 rings (SSSR count). The van der Waals surface area contributed by atoms with Crippen LogP contribution in [0.3, 0.4) is 0 Å². The summed E-state index contributed by atoms with van der Waals surface area (Å²) in [5.41, 5.74) is -0.623. The molecule has 0 aliphatic heterocycles. The van der Waals surface area contributed by atoms with Crippen molar-refractivity contribution in [2.75, 3.05) is 0 Å². The van der Waals surface area contributed by atoms with Crippen LogP contribution >= 0.6 is 0 Å². The Hall–Kier alpha value is -0.880. The van der Waals surface area contributed by atoms with E-state index in [0.717, 1.165) is 12.1 Å². The topological polar surface area (TPSA) is 37.3 Å². The fourth-order valence-corrected chi connectivity index (χ4v) is 1.41. The fourth-order valence-electron chi connectivity index (χ4n) is 0.840. The molecule has 13 heavy (non-hydrogen) atoms. The highest BCUT2D eigenvalue weighted by molar-refractivity contribution is 7.79. The molecule has 1 aromatic carbocycles. The van der Waals surface area contributed by atoms with Gasteiger partial charge in [0.1, 0.15) is 5.82 Å². The third-order valence-electron chi connectivity index (χ3n) is 1.40. The quantitative estimate of drug-likeness (QED) is 0.760. The highest BCUT2D eigenvalue weighted by Gasteiger charge is 2.16. The fraction of sp³-hybridized carbons (Fsp3) is 0.143. The first-order valence-corrected chi connectivity index (χ1v) is 4.31. The Bertz CT molecular complexity index is 341. The van der Waals surface area contributed by atoms with Crippen molar-refractivity contribution in [3.05, 3.63) is 29.6 Å². The Kier molecular flexibility index (Phi) is 3.05. The molecule has 2 nitrogen and oxygen atoms in total. The lowest BCUT2D eigenvalue weighted by atomic mass is 10.2. The van der Waals surface area contributed by atoms with Crippen LogP contribution in [0.2, 0.25) is 0 Å². The largest absolute Gasteiger partial charge is 0.302 e. The van der Waals surface area contributed by atoms with Gasteiger partial charge in [-0.3, -0.25) is 0 Å². The van der Waals surface area contributed by atoms with Gasteiger partial charge in [0.15, 0.2) is 11.1 Å². The van der Waals surface area contributed by atoms with E-state index in [1.165, 1.54) is 0 Å². The molecular formula is C7H5F3O2S. The van der Waals surface area contributed by atoms with Crippen molar-refractivity contribution in [3.8, 4) is 0 Å². The molecule has 1 unspecified atom stereocenters. The predicted molar refractivity (Wildman–Crippen MR) is 40.4 cm³/mol. The molecule has 0 spiro atoms. The van der Waals surface area contributed by atoms with Crippen LogP contribution in [0.15, 0.2) is 23.1 Å². The summed E-state index contributed by atoms with van der Waals surface area (Å²) in [5.74, 6) is -0.818. The lowest BCUT2D eigenvalue weighted by Crippen LogP contribution is -1.97. The minimum Gasteiger partial charge on any atom is -0.302 e. The zero-order valence-corrected chi connectivity index (χ0v) is 7.02. The van der Waals surface area contributed by atoms with Crippen LogP contribution in [0, 0.1) is 5.82 Å². The summed E-state index contributed by atoms with van der Waals surface area (Å²) in [6.45, 7) is 0. The average molecular weight is 210 g/mol. The van der Waals surface area contributed by atoms with E-state index >= 15 is 0 Å². The molecule has 72 valence electrons. The molecule has 1 N–H and O–H groups in total. The number of rotatable bonds is 2. The normalized spacial score (nSPS) is 13.3. The van der Waals surface area contributed by atoms with Crippen molar-refractivity contribution in [2.24, 2.45) is 0 Å². The molecule has 1 atom stereocenters. The Morgan fingerprint density at radius 3 is 2.46 bits per heavy atom. The second kappa shape index (κ2) is 3.89. The third-order valence-corrected chi connectivity index (χ3v) is 2.13. The van der Waals surface area contributed by atoms with Crippen molar-refractivity contribution in [3.63, 3.8) is 0 Å². The number of alkyl halides is 2. The van der Waals surface area contributed by atoms with Gasteiger partial charge in [0, 0.05) is 5.56 Å². The van der Waals surface area contributed by atoms with Crippen molar-refractivity contribution in [1.82, 2.24) is 0 Å². The van der Waals surface area contributed by atoms with E-state index in [4.69, 9.17) is 4.55 Å². The molecule has 0 aliphatic carbocycles. The minimum atomic E-state index is -2.88. The number of benzene rings is 1. The van der Waals surface area contributed by atoms with E-state index in [9.17, 15) is 17.4 Å². The number of halogens is 3. The Balaban J connectivity index is 3.27. The zero-order valence-electron chi connectivity index (χ0n) is 6.21. The van der Waals surface area contributed by atoms with Crippen LogP contribution in [-0.4, -0.2) is 8.76 Å². The van der Waals surface area contributed by atoms with Gasteiger partial charge in [-0.25, -0.2) is 17.4 Å². The summed E-state index contributed by atoms with van der Waals surface area (Å²) in [6.07, 6.45) is -2.88. The van der Waals surface area contributed by atoms with Gasteiger partial charge in [0.25, 0.3) is 6.43 Å². The van der Waals surface area contributed by atoms with Crippen LogP contribution in [-0.2, 0) is 11.1 Å². The summed E-state index contributed by atoms with van der Waals surface area (Å²) in [4.78, 5) is -0.588. The van der Waals surface area contributed by atoms with E-state index in [1.54, 1.807) is 0 Å². The molecule has 6 heteroatoms. The van der Waals surface area contributed by atoms with Gasteiger partial charge in [-0.2, -0.15) is 0 Å². The molecule has 0 aliphatic rings. The second-order valence-electron chi connectivity index (χ2n) is 2.23. The molecule has 0 bridgehead atoms. The van der Waals surface area contributed by atoms with Crippen molar-refractivity contribution >= 4 is 11.1 Å². The summed E-state index contributed by atoms with van der Waals surface area (Å²) in [7, 11) is 0. The van der Waals surface area contributed by atoms with E-state index in [-0.39, 0.29) is 0 Å². The van der Waals surface area contributed by atoms with E-state index < -0.39 is 33.8 Å². The summed E-state index contributed by atoms with van der Waals surface area (Å²) in [5, 5.41) is 0. The molecule has 0 amide bonds. The van der Waals surface area contributed by atoms with E-state index in [0.29, 0.717) is 6.07 Å². The lowest BCUT2D eigenvalue weighted by Gasteiger charge is -2.04. The number of hydrogen-bond acceptors (Lipinski definition) is 1. The highest BCUT2D eigenvalue weighted by Crippen LogP contribution is 2.25. The van der Waals surface area contributed by atoms with Gasteiger partial charge in [0.2, 0.25) is 0 Å². The van der Waals surface area contributed by atoms with Crippen LogP contribution in [0.1, 0.15) is 12.0 Å². The monoisotopic (exact) mass is 210 g/mol. The molecule has 0 fully saturated rings. The predicted octanol–water partition coefficient (Wildman–Crippen LogP) is 2.34. The van der Waals surface area contributed by atoms with Gasteiger partial charge in [-0.15, -0.1) is 0 Å². The summed E-state index contributed by atoms with van der Waals surface area (Å²) >= 11 is -2.59. The van der Waals surface area contributed by atoms with Crippen molar-refractivity contribution < 1.29 is 21.9 Å². The van der Waals surface area contributed by atoms with Gasteiger partial charge >= 0.3 is 0 Å². The Morgan fingerprint density at radius 2 is 2.00 bits per heavy atom. The van der Waals surface area contributed by atoms with Gasteiger partial charge in [-0.05, 0) is 18.2 Å². The molecular weight excluding hydrogens is 205 g/mol. The molecule has 0 radical (unpaired) electrons. The highest BCUT2D eigenvalue weighted by atomic mass is 32.2. The van der Waals surface area contributed by atoms with Crippen molar-refractivity contribution in [2.45, 2.75) is 11.3 Å². The Morgan fingerprint density at radius 1 is 1.38 bits per heavy atom. The minimum absolute atomic E-state index is 0.588. The molecule has 1 aromatic rings. The maximum Gasteiger partial charge on any atom is 0.265 e. The first-order chi connectivity index (χ1) is 6.02. The van der Waals surface area contributed by atoms with Crippen LogP contribution in [0.25, 0.3) is 0 Å². The van der Waals surface area contributed by atoms with Crippen LogP contribution < -0.4 is 0 Å². The van der Waals surface area contributed by atoms with Crippen molar-refractivity contribution in [1.29, 1.82) is 0 Å². The molecule has 0 saturated carbocycles. The molecule has 0 saturated heterocycles. The zero-order chi connectivity index (χ0) is 10.0. The second-order valence-corrected chi connectivity index (χ2v) is 3.17. The van der Waals surface area contributed by atoms with Gasteiger partial charge in [-0.1, -0.05) is 0 Å². The smallest absolute Gasteiger partial charge is 0.265 e. The SMILES string of the molecule is O=S(O)c1cc(F)ccc1C(F)F. The van der Waals surface area contributed by atoms with Gasteiger partial charge < -0.3 is 4.55 Å². The first-order valence-electron chi connectivity index (χ1n) is 3.21. The van der Waals surface area contributed by atoms with E-state index in [2.05, 4.69) is 0 Å². The first kappa shape index (κ1) is 10.2. The number of hydrogen-bond donors (Lipinski definition) is 1. The lowest BCUT2D eigenvalue weighted by molar-refractivity contribution is 0.147. The maximum atomic E-state index is 12.5. The maximum absolute atomic E-state index is 12.5. The van der Waals surface area contributed by atoms with E-state index in [1.807, 2.05) is 0 Å². The van der Waals surface area contributed by atoms with Crippen LogP contribution in [0.5, 0.6) is 0 Å². The molecule has 0 heterocycles. The standard InChI is InChI=1S/C7H5F3O2S/c8-4-1-2-5(7(9)10)6(3-4)13(11)12/h1-3,7H,(H,11,12). The third kappa shape index (κ3) is 2.28. The summed E-state index contributed by atoms with van der Waals surface area (Å²) < 4.78 is 55.8. The van der Waals surface area contributed by atoms with Gasteiger partial charge in [0.05, 0.1) is 4.90 Å². The summed E-state index contributed by atoms with van der Waals surface area (Å²) in [6, 6.07) is 2.24. The Labute approximate surface area is 74.7 Å². The average Bonchev–Trinajstić information content (AvgIpc) is 2.03. The van der Waals surface area contributed by atoms with Crippen LogP contribution in [0.4, 0.5) is 13.2 Å².